The van der Waals surface area contributed by atoms with Gasteiger partial charge >= 0.3 is 0 Å². The number of nitrogens with one attached hydrogen (secondary N) is 1. The summed E-state index contributed by atoms with van der Waals surface area (Å²) in [5.74, 6) is 0.0333. The van der Waals surface area contributed by atoms with Gasteiger partial charge in [-0.25, -0.2) is 4.39 Å². The van der Waals surface area contributed by atoms with E-state index in [4.69, 9.17) is 16.3 Å². The zero-order valence-electron chi connectivity index (χ0n) is 10.8. The fraction of sp³-hybridized carbons (Fsp3) is 0.133. The van der Waals surface area contributed by atoms with Crippen LogP contribution in [0, 0.1) is 5.82 Å². The average Bonchev–Trinajstić information content (AvgIpc) is 2.89. The molecular weight excluding hydrogens is 361 g/mol. The van der Waals surface area contributed by atoms with Crippen LogP contribution in [0.15, 0.2) is 34.8 Å². The number of hydrogen-bond acceptors (Lipinski definition) is 2. The highest BCUT2D eigenvalue weighted by Gasteiger charge is 2.17. The van der Waals surface area contributed by atoms with Crippen molar-refractivity contribution in [2.24, 2.45) is 0 Å². The van der Waals surface area contributed by atoms with Gasteiger partial charge in [-0.15, -0.1) is 0 Å². The first-order chi connectivity index (χ1) is 10.0. The van der Waals surface area contributed by atoms with Crippen LogP contribution < -0.4 is 10.1 Å². The molecule has 2 aromatic rings. The second-order valence-electron chi connectivity index (χ2n) is 4.62. The molecule has 21 heavy (non-hydrogen) atoms. The summed E-state index contributed by atoms with van der Waals surface area (Å²) in [6, 6.07) is 7.66. The Morgan fingerprint density at radius 2 is 2.14 bits per heavy atom. The molecule has 0 spiro atoms. The predicted octanol–water partition coefficient (Wildman–Crippen LogP) is 4.43. The van der Waals surface area contributed by atoms with Crippen LogP contribution in [-0.4, -0.2) is 12.5 Å². The van der Waals surface area contributed by atoms with Crippen molar-refractivity contribution in [2.45, 2.75) is 6.42 Å². The molecule has 0 fully saturated rings. The molecule has 0 atom stereocenters. The summed E-state index contributed by atoms with van der Waals surface area (Å²) >= 11 is 9.14. The van der Waals surface area contributed by atoms with E-state index in [9.17, 15) is 9.18 Å². The molecule has 0 radical (unpaired) electrons. The lowest BCUT2D eigenvalue weighted by molar-refractivity contribution is 0.102. The highest BCUT2D eigenvalue weighted by molar-refractivity contribution is 9.10. The third-order valence-electron chi connectivity index (χ3n) is 3.20. The van der Waals surface area contributed by atoms with Crippen molar-refractivity contribution < 1.29 is 13.9 Å². The largest absolute Gasteiger partial charge is 0.493 e. The molecule has 108 valence electrons. The summed E-state index contributed by atoms with van der Waals surface area (Å²) in [4.78, 5) is 12.3. The Bertz CT molecular complexity index is 713. The summed E-state index contributed by atoms with van der Waals surface area (Å²) in [7, 11) is 0. The van der Waals surface area contributed by atoms with E-state index in [1.54, 1.807) is 18.2 Å². The van der Waals surface area contributed by atoms with Crippen LogP contribution in [0.3, 0.4) is 0 Å². The van der Waals surface area contributed by atoms with Crippen LogP contribution in [-0.2, 0) is 6.42 Å². The Labute approximate surface area is 134 Å². The maximum absolute atomic E-state index is 13.2. The van der Waals surface area contributed by atoms with Crippen molar-refractivity contribution in [3.05, 3.63) is 56.8 Å². The number of halogens is 3. The van der Waals surface area contributed by atoms with E-state index < -0.39 is 5.82 Å². The molecule has 3 rings (SSSR count). The van der Waals surface area contributed by atoms with Crippen molar-refractivity contribution in [1.82, 2.24) is 0 Å². The van der Waals surface area contributed by atoms with Gasteiger partial charge in [-0.2, -0.15) is 0 Å². The number of fused-ring (bicyclic) bond motifs is 1. The quantitative estimate of drug-likeness (QED) is 0.849. The molecule has 0 saturated carbocycles. The van der Waals surface area contributed by atoms with Crippen molar-refractivity contribution in [3.8, 4) is 5.75 Å². The number of ether oxygens (including phenoxy) is 1. The summed E-state index contributed by atoms with van der Waals surface area (Å²) < 4.78 is 19.0. The van der Waals surface area contributed by atoms with Crippen molar-refractivity contribution in [3.63, 3.8) is 0 Å². The second kappa shape index (κ2) is 5.66. The Balaban J connectivity index is 1.87. The zero-order chi connectivity index (χ0) is 15.0. The molecule has 0 aromatic heterocycles. The SMILES string of the molecule is O=C(Nc1c(Cl)cc(F)cc1Br)c1ccc2c(c1)CCO2. The topological polar surface area (TPSA) is 38.3 Å². The lowest BCUT2D eigenvalue weighted by Gasteiger charge is -2.10. The number of rotatable bonds is 2. The smallest absolute Gasteiger partial charge is 0.255 e. The molecule has 1 aliphatic rings. The van der Waals surface area contributed by atoms with E-state index in [1.165, 1.54) is 6.07 Å². The maximum Gasteiger partial charge on any atom is 0.255 e. The van der Waals surface area contributed by atoms with E-state index in [1.807, 2.05) is 0 Å². The van der Waals surface area contributed by atoms with Gasteiger partial charge in [-0.05, 0) is 51.8 Å². The molecule has 1 N–H and O–H groups in total. The van der Waals surface area contributed by atoms with Crippen LogP contribution in [0.4, 0.5) is 10.1 Å². The van der Waals surface area contributed by atoms with Crippen LogP contribution in [0.1, 0.15) is 15.9 Å². The van der Waals surface area contributed by atoms with E-state index in [0.717, 1.165) is 23.8 Å². The minimum absolute atomic E-state index is 0.139. The van der Waals surface area contributed by atoms with Gasteiger partial charge in [0.2, 0.25) is 0 Å². The van der Waals surface area contributed by atoms with Gasteiger partial charge in [0.15, 0.2) is 0 Å². The molecule has 3 nitrogen and oxygen atoms in total. The van der Waals surface area contributed by atoms with E-state index in [-0.39, 0.29) is 10.9 Å². The Hall–Kier alpha value is -1.59. The standard InChI is InChI=1S/C15H10BrClFNO2/c16-11-6-10(18)7-12(17)14(11)19-15(20)9-1-2-13-8(5-9)3-4-21-13/h1-2,5-7H,3-4H2,(H,19,20). The summed E-state index contributed by atoms with van der Waals surface area (Å²) in [6.45, 7) is 0.635. The van der Waals surface area contributed by atoms with Gasteiger partial charge in [-0.3, -0.25) is 4.79 Å². The van der Waals surface area contributed by atoms with E-state index in [2.05, 4.69) is 21.2 Å². The fourth-order valence-electron chi connectivity index (χ4n) is 2.18. The number of hydrogen-bond donors (Lipinski definition) is 1. The van der Waals surface area contributed by atoms with Crippen molar-refractivity contribution in [1.29, 1.82) is 0 Å². The highest BCUT2D eigenvalue weighted by atomic mass is 79.9. The zero-order valence-corrected chi connectivity index (χ0v) is 13.1. The molecule has 0 unspecified atom stereocenters. The lowest BCUT2D eigenvalue weighted by Crippen LogP contribution is -2.13. The maximum atomic E-state index is 13.2. The molecule has 0 saturated heterocycles. The van der Waals surface area contributed by atoms with Gasteiger partial charge in [0.25, 0.3) is 5.91 Å². The molecule has 1 amide bonds. The molecule has 1 heterocycles. The van der Waals surface area contributed by atoms with Crippen LogP contribution >= 0.6 is 27.5 Å². The normalized spacial score (nSPS) is 12.7. The Morgan fingerprint density at radius 3 is 2.90 bits per heavy atom. The molecule has 0 bridgehead atoms. The van der Waals surface area contributed by atoms with Crippen LogP contribution in [0.25, 0.3) is 0 Å². The molecule has 6 heteroatoms. The van der Waals surface area contributed by atoms with Crippen LogP contribution in [0.2, 0.25) is 5.02 Å². The summed E-state index contributed by atoms with van der Waals surface area (Å²) in [5, 5.41) is 2.83. The van der Waals surface area contributed by atoms with Gasteiger partial charge in [0.1, 0.15) is 11.6 Å². The number of amides is 1. The summed E-state index contributed by atoms with van der Waals surface area (Å²) in [6.07, 6.45) is 0.789. The van der Waals surface area contributed by atoms with Crippen molar-refractivity contribution >= 4 is 39.1 Å². The number of carbonyl (C=O) groups is 1. The first-order valence-corrected chi connectivity index (χ1v) is 7.43. The second-order valence-corrected chi connectivity index (χ2v) is 5.88. The van der Waals surface area contributed by atoms with Gasteiger partial charge in [-0.1, -0.05) is 11.6 Å². The van der Waals surface area contributed by atoms with Crippen molar-refractivity contribution in [2.75, 3.05) is 11.9 Å². The number of carbonyl (C=O) groups excluding carboxylic acids is 1. The first-order valence-electron chi connectivity index (χ1n) is 6.26. The Morgan fingerprint density at radius 1 is 1.33 bits per heavy atom. The minimum atomic E-state index is -0.473. The third-order valence-corrected chi connectivity index (χ3v) is 4.12. The third kappa shape index (κ3) is 2.89. The number of benzene rings is 2. The molecule has 2 aromatic carbocycles. The molecular formula is C15H10BrClFNO2. The van der Waals surface area contributed by atoms with Crippen LogP contribution in [0.5, 0.6) is 5.75 Å². The lowest BCUT2D eigenvalue weighted by atomic mass is 10.1. The minimum Gasteiger partial charge on any atom is -0.493 e. The number of anilines is 1. The van der Waals surface area contributed by atoms with Gasteiger partial charge in [0.05, 0.1) is 17.3 Å². The van der Waals surface area contributed by atoms with E-state index in [0.29, 0.717) is 22.3 Å². The fourth-order valence-corrected chi connectivity index (χ4v) is 3.07. The van der Waals surface area contributed by atoms with E-state index >= 15 is 0 Å². The van der Waals surface area contributed by atoms with Gasteiger partial charge < -0.3 is 10.1 Å². The Kier molecular flexibility index (Phi) is 3.87. The molecule has 0 aliphatic carbocycles. The monoisotopic (exact) mass is 369 g/mol. The highest BCUT2D eigenvalue weighted by Crippen LogP contribution is 2.32. The average molecular weight is 371 g/mol. The van der Waals surface area contributed by atoms with Gasteiger partial charge in [0, 0.05) is 16.5 Å². The molecule has 1 aliphatic heterocycles. The first kappa shape index (κ1) is 14.4. The summed E-state index contributed by atoms with van der Waals surface area (Å²) in [5.41, 5.74) is 1.86. The predicted molar refractivity (Wildman–Crippen MR) is 82.7 cm³/mol.